The van der Waals surface area contributed by atoms with Gasteiger partial charge < -0.3 is 0 Å². The third kappa shape index (κ3) is 2.07. The van der Waals surface area contributed by atoms with Crippen LogP contribution in [0.3, 0.4) is 0 Å². The van der Waals surface area contributed by atoms with Gasteiger partial charge in [0.25, 0.3) is 0 Å². The number of nitrogen functional groups attached to an aromatic ring is 1. The van der Waals surface area contributed by atoms with E-state index in [9.17, 15) is 17.6 Å². The van der Waals surface area contributed by atoms with E-state index in [-0.39, 0.29) is 0 Å². The molecule has 0 heterocycles. The molecule has 15 heavy (non-hydrogen) atoms. The maximum atomic E-state index is 13.4. The minimum absolute atomic E-state index is 0.423. The Labute approximate surface area is 89.1 Å². The van der Waals surface area contributed by atoms with Crippen LogP contribution >= 0.6 is 0 Å². The number of anilines is 1. The van der Waals surface area contributed by atoms with Crippen LogP contribution in [0.4, 0.5) is 23.2 Å². The Hall–Kier alpha value is -0.461. The predicted molar refractivity (Wildman–Crippen MR) is 53.7 cm³/mol. The van der Waals surface area contributed by atoms with Crippen molar-refractivity contribution in [1.29, 1.82) is 0 Å². The normalized spacial score (nSPS) is 11.9. The molecule has 0 spiro atoms. The number of benzene rings is 1. The summed E-state index contributed by atoms with van der Waals surface area (Å²) < 4.78 is 52.5. The number of nitrogens with two attached hydrogens (primary N) is 1. The number of hydrogen-bond donors (Lipinski definition) is 1. The molecule has 0 unspecified atom stereocenters. The number of rotatable bonds is 1. The second-order valence-electron chi connectivity index (χ2n) is 4.29. The van der Waals surface area contributed by atoms with E-state index in [1.807, 2.05) is 0 Å². The monoisotopic (exact) mass is 329 g/mol. The third-order valence-electron chi connectivity index (χ3n) is 2.05. The SMILES string of the molecule is [CH3][Sn]([CH3])([CH3])[c]1c(F)c(F)c(N)c(F)c1F. The van der Waals surface area contributed by atoms with Crippen molar-refractivity contribution < 1.29 is 17.6 Å². The molecule has 0 amide bonds. The van der Waals surface area contributed by atoms with Gasteiger partial charge in [0, 0.05) is 0 Å². The van der Waals surface area contributed by atoms with Crippen LogP contribution in [0.2, 0.25) is 14.8 Å². The van der Waals surface area contributed by atoms with Gasteiger partial charge in [-0.15, -0.1) is 0 Å². The summed E-state index contributed by atoms with van der Waals surface area (Å²) in [5, 5.41) is 0. The maximum absolute atomic E-state index is 13.4. The summed E-state index contributed by atoms with van der Waals surface area (Å²) in [6.07, 6.45) is 0. The van der Waals surface area contributed by atoms with Gasteiger partial charge in [0.2, 0.25) is 0 Å². The van der Waals surface area contributed by atoms with Crippen LogP contribution in [0.1, 0.15) is 0 Å². The van der Waals surface area contributed by atoms with E-state index in [1.54, 1.807) is 14.8 Å². The first-order chi connectivity index (χ1) is 6.68. The summed E-state index contributed by atoms with van der Waals surface area (Å²) in [4.78, 5) is 4.97. The Morgan fingerprint density at radius 1 is 0.800 bits per heavy atom. The summed E-state index contributed by atoms with van der Waals surface area (Å²) in [5.74, 6) is -5.66. The molecule has 0 aliphatic carbocycles. The summed E-state index contributed by atoms with van der Waals surface area (Å²) >= 11 is -3.24. The third-order valence-corrected chi connectivity index (χ3v) is 7.58. The van der Waals surface area contributed by atoms with E-state index < -0.39 is 50.9 Å². The summed E-state index contributed by atoms with van der Waals surface area (Å²) in [7, 11) is 0. The summed E-state index contributed by atoms with van der Waals surface area (Å²) in [5.41, 5.74) is 3.80. The topological polar surface area (TPSA) is 26.0 Å². The molecule has 1 nitrogen and oxygen atoms in total. The second kappa shape index (κ2) is 3.84. The summed E-state index contributed by atoms with van der Waals surface area (Å²) in [6, 6.07) is 0. The van der Waals surface area contributed by atoms with Crippen molar-refractivity contribution in [2.45, 2.75) is 14.8 Å². The molecule has 1 aromatic carbocycles. The van der Waals surface area contributed by atoms with Crippen molar-refractivity contribution >= 4 is 27.6 Å². The summed E-state index contributed by atoms with van der Waals surface area (Å²) in [6.45, 7) is 0. The van der Waals surface area contributed by atoms with Crippen molar-refractivity contribution in [1.82, 2.24) is 0 Å². The van der Waals surface area contributed by atoms with Crippen LogP contribution < -0.4 is 9.31 Å². The molecule has 0 atom stereocenters. The van der Waals surface area contributed by atoms with Crippen molar-refractivity contribution in [3.63, 3.8) is 0 Å². The Morgan fingerprint density at radius 2 is 1.13 bits per heavy atom. The molecular formula is C9H11F4NSn. The molecule has 0 bridgehead atoms. The van der Waals surface area contributed by atoms with E-state index in [0.29, 0.717) is 0 Å². The Bertz CT molecular complexity index is 383. The van der Waals surface area contributed by atoms with Crippen LogP contribution in [0, 0.1) is 23.3 Å². The molecule has 84 valence electrons. The van der Waals surface area contributed by atoms with Gasteiger partial charge in [-0.05, 0) is 0 Å². The van der Waals surface area contributed by atoms with Crippen molar-refractivity contribution in [3.05, 3.63) is 23.3 Å². The minimum atomic E-state index is -3.24. The Kier molecular flexibility index (Phi) is 3.23. The van der Waals surface area contributed by atoms with Gasteiger partial charge >= 0.3 is 89.0 Å². The second-order valence-corrected chi connectivity index (χ2v) is 18.6. The zero-order valence-corrected chi connectivity index (χ0v) is 11.4. The van der Waals surface area contributed by atoms with E-state index in [2.05, 4.69) is 0 Å². The first-order valence-electron chi connectivity index (χ1n) is 4.29. The first-order valence-corrected chi connectivity index (χ1v) is 14.3. The van der Waals surface area contributed by atoms with E-state index in [4.69, 9.17) is 5.73 Å². The first kappa shape index (κ1) is 12.6. The van der Waals surface area contributed by atoms with Crippen LogP contribution in [-0.2, 0) is 0 Å². The van der Waals surface area contributed by atoms with Crippen molar-refractivity contribution in [3.8, 4) is 0 Å². The molecular weight excluding hydrogens is 317 g/mol. The molecule has 0 radical (unpaired) electrons. The number of hydrogen-bond acceptors (Lipinski definition) is 1. The van der Waals surface area contributed by atoms with Crippen LogP contribution in [0.15, 0.2) is 0 Å². The van der Waals surface area contributed by atoms with E-state index in [1.165, 1.54) is 0 Å². The Balaban J connectivity index is 3.68. The van der Waals surface area contributed by atoms with Gasteiger partial charge in [-0.2, -0.15) is 0 Å². The van der Waals surface area contributed by atoms with Gasteiger partial charge in [-0.3, -0.25) is 0 Å². The zero-order chi connectivity index (χ0) is 12.0. The van der Waals surface area contributed by atoms with Crippen LogP contribution in [0.5, 0.6) is 0 Å². The van der Waals surface area contributed by atoms with Crippen LogP contribution in [0.25, 0.3) is 0 Å². The average molecular weight is 328 g/mol. The fourth-order valence-electron chi connectivity index (χ4n) is 1.31. The Morgan fingerprint density at radius 3 is 1.40 bits per heavy atom. The fraction of sp³-hybridized carbons (Fsp3) is 0.333. The van der Waals surface area contributed by atoms with Crippen LogP contribution in [-0.4, -0.2) is 18.4 Å². The molecule has 0 saturated carbocycles. The zero-order valence-electron chi connectivity index (χ0n) is 8.59. The quantitative estimate of drug-likeness (QED) is 0.364. The van der Waals surface area contributed by atoms with Gasteiger partial charge in [-0.25, -0.2) is 0 Å². The molecule has 1 aromatic rings. The van der Waals surface area contributed by atoms with Gasteiger partial charge in [-0.1, -0.05) is 0 Å². The van der Waals surface area contributed by atoms with E-state index >= 15 is 0 Å². The molecule has 0 fully saturated rings. The fourth-order valence-corrected chi connectivity index (χ4v) is 5.69. The molecule has 0 saturated heterocycles. The van der Waals surface area contributed by atoms with Gasteiger partial charge in [0.05, 0.1) is 0 Å². The molecule has 0 aliphatic rings. The molecule has 6 heteroatoms. The predicted octanol–water partition coefficient (Wildman–Crippen LogP) is 2.37. The van der Waals surface area contributed by atoms with Crippen molar-refractivity contribution in [2.24, 2.45) is 0 Å². The molecule has 0 aliphatic heterocycles. The average Bonchev–Trinajstić information content (AvgIpc) is 2.09. The van der Waals surface area contributed by atoms with Crippen molar-refractivity contribution in [2.75, 3.05) is 5.73 Å². The molecule has 2 N–H and O–H groups in total. The molecule has 0 aromatic heterocycles. The van der Waals surface area contributed by atoms with E-state index in [0.717, 1.165) is 0 Å². The van der Waals surface area contributed by atoms with Gasteiger partial charge in [0.1, 0.15) is 0 Å². The number of halogens is 4. The standard InChI is InChI=1S/C6H2F4N.3CH3.Sn/c7-2-1-3(8)5(10)6(11)4(2)9;;;;/h11H2;3*1H3;. The van der Waals surface area contributed by atoms with Gasteiger partial charge in [0.15, 0.2) is 0 Å². The molecule has 1 rings (SSSR count).